The van der Waals surface area contributed by atoms with Gasteiger partial charge in [0.05, 0.1) is 12.1 Å². The first-order chi connectivity index (χ1) is 12.2. The molecule has 0 spiro atoms. The minimum atomic E-state index is -0.271. The Labute approximate surface area is 147 Å². The lowest BCUT2D eigenvalue weighted by molar-refractivity contribution is 0.0680. The van der Waals surface area contributed by atoms with Crippen LogP contribution in [0.5, 0.6) is 5.75 Å². The van der Waals surface area contributed by atoms with Crippen molar-refractivity contribution in [3.05, 3.63) is 54.4 Å². The second kappa shape index (κ2) is 8.48. The van der Waals surface area contributed by atoms with Crippen LogP contribution in [-0.4, -0.2) is 30.3 Å². The van der Waals surface area contributed by atoms with Gasteiger partial charge in [0.25, 0.3) is 0 Å². The molecule has 1 aliphatic rings. The number of amides is 2. The minimum absolute atomic E-state index is 0.132. The number of hydrogen-bond acceptors (Lipinski definition) is 4. The average Bonchev–Trinajstić information content (AvgIpc) is 3.14. The number of rotatable bonds is 6. The fraction of sp³-hybridized carbons (Fsp3) is 0.368. The molecule has 1 aromatic carbocycles. The largest absolute Gasteiger partial charge is 0.491 e. The molecular weight excluding hydrogens is 318 g/mol. The van der Waals surface area contributed by atoms with Crippen molar-refractivity contribution in [2.75, 3.05) is 18.5 Å². The number of urea groups is 1. The molecule has 1 aromatic heterocycles. The normalized spacial score (nSPS) is 17.7. The van der Waals surface area contributed by atoms with Gasteiger partial charge in [0, 0.05) is 30.8 Å². The van der Waals surface area contributed by atoms with Crippen molar-refractivity contribution < 1.29 is 14.3 Å². The molecule has 1 aliphatic heterocycles. The Bertz CT molecular complexity index is 687. The van der Waals surface area contributed by atoms with Gasteiger partial charge in [-0.3, -0.25) is 4.98 Å². The van der Waals surface area contributed by atoms with E-state index in [2.05, 4.69) is 15.6 Å². The van der Waals surface area contributed by atoms with Crippen LogP contribution >= 0.6 is 0 Å². The van der Waals surface area contributed by atoms with Gasteiger partial charge in [-0.2, -0.15) is 0 Å². The molecule has 2 heterocycles. The molecule has 2 N–H and O–H groups in total. The quantitative estimate of drug-likeness (QED) is 0.843. The van der Waals surface area contributed by atoms with Gasteiger partial charge in [0.1, 0.15) is 12.4 Å². The summed E-state index contributed by atoms with van der Waals surface area (Å²) in [5, 5.41) is 5.72. The second-order valence-electron chi connectivity index (χ2n) is 6.08. The smallest absolute Gasteiger partial charge is 0.319 e. The summed E-state index contributed by atoms with van der Waals surface area (Å²) < 4.78 is 11.3. The number of carbonyl (C=O) groups is 1. The lowest BCUT2D eigenvalue weighted by Crippen LogP contribution is -2.31. The zero-order chi connectivity index (χ0) is 17.5. The summed E-state index contributed by atoms with van der Waals surface area (Å²) in [5.74, 6) is 0.716. The number of nitrogens with one attached hydrogen (secondary N) is 2. The lowest BCUT2D eigenvalue weighted by Gasteiger charge is -2.15. The van der Waals surface area contributed by atoms with E-state index in [1.807, 2.05) is 43.3 Å². The third kappa shape index (κ3) is 5.19. The first-order valence-electron chi connectivity index (χ1n) is 8.52. The van der Waals surface area contributed by atoms with E-state index in [-0.39, 0.29) is 18.2 Å². The van der Waals surface area contributed by atoms with Crippen molar-refractivity contribution in [2.24, 2.45) is 0 Å². The van der Waals surface area contributed by atoms with Crippen LogP contribution in [-0.2, 0) is 4.74 Å². The molecule has 0 saturated carbocycles. The molecule has 2 atom stereocenters. The first kappa shape index (κ1) is 17.2. The van der Waals surface area contributed by atoms with Crippen LogP contribution in [0.2, 0.25) is 0 Å². The fourth-order valence-electron chi connectivity index (χ4n) is 2.71. The Morgan fingerprint density at radius 3 is 3.08 bits per heavy atom. The van der Waals surface area contributed by atoms with E-state index in [1.54, 1.807) is 12.4 Å². The molecule has 1 saturated heterocycles. The molecular formula is C19H23N3O3. The van der Waals surface area contributed by atoms with Gasteiger partial charge in [-0.25, -0.2) is 4.79 Å². The third-order valence-electron chi connectivity index (χ3n) is 4.08. The highest BCUT2D eigenvalue weighted by Gasteiger charge is 2.16. The number of aromatic nitrogens is 1. The molecule has 6 nitrogen and oxygen atoms in total. The molecule has 0 aliphatic carbocycles. The molecule has 132 valence electrons. The van der Waals surface area contributed by atoms with Gasteiger partial charge < -0.3 is 20.1 Å². The predicted molar refractivity (Wildman–Crippen MR) is 95.7 cm³/mol. The first-order valence-corrected chi connectivity index (χ1v) is 8.52. The highest BCUT2D eigenvalue weighted by atomic mass is 16.5. The van der Waals surface area contributed by atoms with Gasteiger partial charge in [-0.05, 0) is 43.5 Å². The van der Waals surface area contributed by atoms with Crippen molar-refractivity contribution in [3.63, 3.8) is 0 Å². The van der Waals surface area contributed by atoms with Gasteiger partial charge in [-0.1, -0.05) is 12.1 Å². The fourth-order valence-corrected chi connectivity index (χ4v) is 2.71. The Kier molecular flexibility index (Phi) is 5.85. The molecule has 2 aromatic rings. The Morgan fingerprint density at radius 1 is 1.40 bits per heavy atom. The number of benzene rings is 1. The summed E-state index contributed by atoms with van der Waals surface area (Å²) in [5.41, 5.74) is 1.63. The van der Waals surface area contributed by atoms with Crippen LogP contribution in [0.15, 0.2) is 48.8 Å². The highest BCUT2D eigenvalue weighted by molar-refractivity contribution is 5.89. The van der Waals surface area contributed by atoms with Crippen LogP contribution in [0.4, 0.5) is 10.5 Å². The maximum absolute atomic E-state index is 12.2. The van der Waals surface area contributed by atoms with E-state index in [9.17, 15) is 4.79 Å². The van der Waals surface area contributed by atoms with Crippen molar-refractivity contribution in [1.29, 1.82) is 0 Å². The van der Waals surface area contributed by atoms with Crippen LogP contribution in [0, 0.1) is 0 Å². The predicted octanol–water partition coefficient (Wildman–Crippen LogP) is 3.52. The standard InChI is InChI=1S/C19H23N3O3/c1-14(15-5-3-9-20-12-15)21-19(23)22-16-6-2-7-17(11-16)25-13-18-8-4-10-24-18/h2-3,5-7,9,11-12,14,18H,4,8,10,13H2,1H3,(H2,21,22,23). The maximum atomic E-state index is 12.2. The van der Waals surface area contributed by atoms with Crippen LogP contribution in [0.1, 0.15) is 31.4 Å². The minimum Gasteiger partial charge on any atom is -0.491 e. The average molecular weight is 341 g/mol. The zero-order valence-electron chi connectivity index (χ0n) is 14.3. The van der Waals surface area contributed by atoms with Crippen molar-refractivity contribution >= 4 is 11.7 Å². The van der Waals surface area contributed by atoms with Gasteiger partial charge in [0.2, 0.25) is 0 Å². The molecule has 6 heteroatoms. The van der Waals surface area contributed by atoms with Gasteiger partial charge in [-0.15, -0.1) is 0 Å². The van der Waals surface area contributed by atoms with E-state index in [0.29, 0.717) is 18.0 Å². The monoisotopic (exact) mass is 341 g/mol. The van der Waals surface area contributed by atoms with Crippen molar-refractivity contribution in [3.8, 4) is 5.75 Å². The summed E-state index contributed by atoms with van der Waals surface area (Å²) in [6.45, 7) is 3.26. The van der Waals surface area contributed by atoms with E-state index < -0.39 is 0 Å². The van der Waals surface area contributed by atoms with E-state index >= 15 is 0 Å². The Hall–Kier alpha value is -2.60. The number of hydrogen-bond donors (Lipinski definition) is 2. The summed E-state index contributed by atoms with van der Waals surface area (Å²) >= 11 is 0. The molecule has 25 heavy (non-hydrogen) atoms. The summed E-state index contributed by atoms with van der Waals surface area (Å²) in [7, 11) is 0. The highest BCUT2D eigenvalue weighted by Crippen LogP contribution is 2.20. The summed E-state index contributed by atoms with van der Waals surface area (Å²) in [4.78, 5) is 16.2. The number of carbonyl (C=O) groups excluding carboxylic acids is 1. The number of anilines is 1. The van der Waals surface area contributed by atoms with Crippen LogP contribution in [0.3, 0.4) is 0 Å². The third-order valence-corrected chi connectivity index (χ3v) is 4.08. The van der Waals surface area contributed by atoms with E-state index in [1.165, 1.54) is 0 Å². The molecule has 3 rings (SSSR count). The molecule has 1 fully saturated rings. The lowest BCUT2D eigenvalue weighted by atomic mass is 10.1. The van der Waals surface area contributed by atoms with E-state index in [4.69, 9.17) is 9.47 Å². The van der Waals surface area contributed by atoms with Gasteiger partial charge >= 0.3 is 6.03 Å². The van der Waals surface area contributed by atoms with Gasteiger partial charge in [0.15, 0.2) is 0 Å². The van der Waals surface area contributed by atoms with E-state index in [0.717, 1.165) is 25.0 Å². The molecule has 0 radical (unpaired) electrons. The van der Waals surface area contributed by atoms with Crippen LogP contribution in [0.25, 0.3) is 0 Å². The molecule has 2 amide bonds. The number of pyridine rings is 1. The zero-order valence-corrected chi connectivity index (χ0v) is 14.3. The molecule has 2 unspecified atom stereocenters. The van der Waals surface area contributed by atoms with Crippen molar-refractivity contribution in [1.82, 2.24) is 10.3 Å². The summed E-state index contributed by atoms with van der Waals surface area (Å²) in [6.07, 6.45) is 5.74. The topological polar surface area (TPSA) is 72.5 Å². The molecule has 0 bridgehead atoms. The Balaban J connectivity index is 1.51. The van der Waals surface area contributed by atoms with Crippen molar-refractivity contribution in [2.45, 2.75) is 31.9 Å². The second-order valence-corrected chi connectivity index (χ2v) is 6.08. The Morgan fingerprint density at radius 2 is 2.32 bits per heavy atom. The SMILES string of the molecule is CC(NC(=O)Nc1cccc(OCC2CCCO2)c1)c1cccnc1. The maximum Gasteiger partial charge on any atom is 0.319 e. The number of nitrogens with zero attached hydrogens (tertiary/aromatic N) is 1. The number of ether oxygens (including phenoxy) is 2. The summed E-state index contributed by atoms with van der Waals surface area (Å²) in [6, 6.07) is 10.7. The van der Waals surface area contributed by atoms with Crippen LogP contribution < -0.4 is 15.4 Å².